The van der Waals surface area contributed by atoms with Crippen LogP contribution in [0.25, 0.3) is 0 Å². The molecule has 0 bridgehead atoms. The summed E-state index contributed by atoms with van der Waals surface area (Å²) in [7, 11) is 1.68. The molecular formula is C19H26N4O2. The number of hydrogen-bond acceptors (Lipinski definition) is 4. The summed E-state index contributed by atoms with van der Waals surface area (Å²) >= 11 is 0. The fraction of sp³-hybridized carbons (Fsp3) is 0.474. The normalized spacial score (nSPS) is 17.6. The van der Waals surface area contributed by atoms with Crippen LogP contribution in [0.15, 0.2) is 30.5 Å². The van der Waals surface area contributed by atoms with E-state index in [4.69, 9.17) is 4.74 Å². The van der Waals surface area contributed by atoms with Crippen LogP contribution in [-0.2, 0) is 0 Å². The Kier molecular flexibility index (Phi) is 5.26. The number of ether oxygens (including phenoxy) is 1. The van der Waals surface area contributed by atoms with Crippen molar-refractivity contribution in [3.8, 4) is 5.75 Å². The summed E-state index contributed by atoms with van der Waals surface area (Å²) in [5, 5.41) is 10.1. The summed E-state index contributed by atoms with van der Waals surface area (Å²) in [5.41, 5.74) is 2.66. The average molecular weight is 342 g/mol. The molecule has 1 aliphatic heterocycles. The SMILES string of the molecule is COc1cccc(N2CCCC(NC(=O)c3cn[nH]c3C(C)C)C2)c1. The van der Waals surface area contributed by atoms with Crippen molar-refractivity contribution in [2.75, 3.05) is 25.1 Å². The molecule has 1 aromatic carbocycles. The highest BCUT2D eigenvalue weighted by molar-refractivity contribution is 5.95. The molecule has 1 aromatic heterocycles. The van der Waals surface area contributed by atoms with Crippen LogP contribution in [0.2, 0.25) is 0 Å². The van der Waals surface area contributed by atoms with Crippen molar-refractivity contribution in [1.29, 1.82) is 0 Å². The zero-order valence-corrected chi connectivity index (χ0v) is 15.1. The van der Waals surface area contributed by atoms with Gasteiger partial charge in [-0.2, -0.15) is 5.10 Å². The maximum atomic E-state index is 12.6. The van der Waals surface area contributed by atoms with E-state index in [1.54, 1.807) is 13.3 Å². The van der Waals surface area contributed by atoms with E-state index >= 15 is 0 Å². The topological polar surface area (TPSA) is 70.2 Å². The van der Waals surface area contributed by atoms with Gasteiger partial charge in [0.25, 0.3) is 5.91 Å². The molecule has 134 valence electrons. The molecule has 1 fully saturated rings. The first-order chi connectivity index (χ1) is 12.1. The minimum absolute atomic E-state index is 0.0463. The third kappa shape index (κ3) is 3.95. The molecule has 1 unspecified atom stereocenters. The van der Waals surface area contributed by atoms with E-state index in [0.29, 0.717) is 5.56 Å². The van der Waals surface area contributed by atoms with Crippen LogP contribution >= 0.6 is 0 Å². The number of H-pyrrole nitrogens is 1. The second-order valence-electron chi connectivity index (χ2n) is 6.81. The Morgan fingerprint density at radius 3 is 3.04 bits per heavy atom. The molecule has 25 heavy (non-hydrogen) atoms. The van der Waals surface area contributed by atoms with Gasteiger partial charge in [-0.25, -0.2) is 0 Å². The lowest BCUT2D eigenvalue weighted by Gasteiger charge is -2.35. The van der Waals surface area contributed by atoms with Crippen LogP contribution in [0, 0.1) is 0 Å². The van der Waals surface area contributed by atoms with E-state index in [-0.39, 0.29) is 17.9 Å². The zero-order valence-electron chi connectivity index (χ0n) is 15.1. The molecule has 1 saturated heterocycles. The van der Waals surface area contributed by atoms with E-state index in [0.717, 1.165) is 43.1 Å². The Hall–Kier alpha value is -2.50. The Morgan fingerprint density at radius 2 is 2.28 bits per heavy atom. The van der Waals surface area contributed by atoms with Gasteiger partial charge >= 0.3 is 0 Å². The van der Waals surface area contributed by atoms with Crippen molar-refractivity contribution in [2.24, 2.45) is 0 Å². The van der Waals surface area contributed by atoms with Crippen LogP contribution in [-0.4, -0.2) is 42.3 Å². The molecule has 2 heterocycles. The molecule has 6 nitrogen and oxygen atoms in total. The highest BCUT2D eigenvalue weighted by Crippen LogP contribution is 2.24. The Balaban J connectivity index is 1.67. The Labute approximate surface area is 148 Å². The molecule has 1 amide bonds. The van der Waals surface area contributed by atoms with Crippen LogP contribution in [0.1, 0.15) is 48.7 Å². The third-order valence-electron chi connectivity index (χ3n) is 4.67. The maximum Gasteiger partial charge on any atom is 0.255 e. The van der Waals surface area contributed by atoms with Gasteiger partial charge in [0, 0.05) is 30.9 Å². The predicted octanol–water partition coefficient (Wildman–Crippen LogP) is 2.94. The number of rotatable bonds is 5. The molecule has 2 aromatic rings. The molecule has 1 atom stereocenters. The van der Waals surface area contributed by atoms with Gasteiger partial charge < -0.3 is 15.0 Å². The fourth-order valence-corrected chi connectivity index (χ4v) is 3.32. The molecular weight excluding hydrogens is 316 g/mol. The molecule has 0 saturated carbocycles. The fourth-order valence-electron chi connectivity index (χ4n) is 3.32. The highest BCUT2D eigenvalue weighted by Gasteiger charge is 2.24. The number of piperidine rings is 1. The Bertz CT molecular complexity index is 726. The standard InChI is InChI=1S/C19H26N4O2/c1-13(2)18-17(11-20-22-18)19(24)21-14-6-5-9-23(12-14)15-7-4-8-16(10-15)25-3/h4,7-8,10-11,13-14H,5-6,9,12H2,1-3H3,(H,20,22)(H,21,24). The van der Waals surface area contributed by atoms with Crippen LogP contribution in [0.3, 0.4) is 0 Å². The van der Waals surface area contributed by atoms with Gasteiger partial charge in [0.05, 0.1) is 24.6 Å². The molecule has 2 N–H and O–H groups in total. The number of carbonyl (C=O) groups excluding carboxylic acids is 1. The van der Waals surface area contributed by atoms with E-state index < -0.39 is 0 Å². The summed E-state index contributed by atoms with van der Waals surface area (Å²) in [6.07, 6.45) is 3.65. The molecule has 1 aliphatic rings. The number of methoxy groups -OCH3 is 1. The van der Waals surface area contributed by atoms with Gasteiger partial charge in [-0.05, 0) is 30.9 Å². The number of nitrogens with one attached hydrogen (secondary N) is 2. The number of aromatic nitrogens is 2. The van der Waals surface area contributed by atoms with Crippen LogP contribution in [0.5, 0.6) is 5.75 Å². The minimum Gasteiger partial charge on any atom is -0.497 e. The van der Waals surface area contributed by atoms with Crippen LogP contribution in [0.4, 0.5) is 5.69 Å². The lowest BCUT2D eigenvalue weighted by molar-refractivity contribution is 0.0932. The highest BCUT2D eigenvalue weighted by atomic mass is 16.5. The van der Waals surface area contributed by atoms with Gasteiger partial charge in [-0.15, -0.1) is 0 Å². The first-order valence-electron chi connectivity index (χ1n) is 8.81. The number of nitrogens with zero attached hydrogens (tertiary/aromatic N) is 2. The lowest BCUT2D eigenvalue weighted by Crippen LogP contribution is -2.48. The van der Waals surface area contributed by atoms with Gasteiger partial charge in [0.1, 0.15) is 5.75 Å². The number of carbonyl (C=O) groups is 1. The van der Waals surface area contributed by atoms with Crippen molar-refractivity contribution in [3.63, 3.8) is 0 Å². The zero-order chi connectivity index (χ0) is 17.8. The van der Waals surface area contributed by atoms with Gasteiger partial charge in [0.2, 0.25) is 0 Å². The molecule has 0 radical (unpaired) electrons. The van der Waals surface area contributed by atoms with Crippen molar-refractivity contribution in [3.05, 3.63) is 41.7 Å². The number of aromatic amines is 1. The predicted molar refractivity (Wildman–Crippen MR) is 98.4 cm³/mol. The first kappa shape index (κ1) is 17.3. The molecule has 3 rings (SSSR count). The van der Waals surface area contributed by atoms with Gasteiger partial charge in [-0.1, -0.05) is 19.9 Å². The van der Waals surface area contributed by atoms with Crippen molar-refractivity contribution in [2.45, 2.75) is 38.6 Å². The van der Waals surface area contributed by atoms with Gasteiger partial charge in [-0.3, -0.25) is 9.89 Å². The monoisotopic (exact) mass is 342 g/mol. The number of benzene rings is 1. The number of amides is 1. The summed E-state index contributed by atoms with van der Waals surface area (Å²) in [6, 6.07) is 8.19. The summed E-state index contributed by atoms with van der Waals surface area (Å²) < 4.78 is 5.31. The summed E-state index contributed by atoms with van der Waals surface area (Å²) in [5.74, 6) is 1.04. The number of hydrogen-bond donors (Lipinski definition) is 2. The molecule has 0 spiro atoms. The van der Waals surface area contributed by atoms with Gasteiger partial charge in [0.15, 0.2) is 0 Å². The first-order valence-corrected chi connectivity index (χ1v) is 8.81. The summed E-state index contributed by atoms with van der Waals surface area (Å²) in [4.78, 5) is 14.9. The largest absolute Gasteiger partial charge is 0.497 e. The smallest absolute Gasteiger partial charge is 0.255 e. The second kappa shape index (κ2) is 7.59. The lowest BCUT2D eigenvalue weighted by atomic mass is 10.0. The number of anilines is 1. The second-order valence-corrected chi connectivity index (χ2v) is 6.81. The minimum atomic E-state index is -0.0463. The Morgan fingerprint density at radius 1 is 1.44 bits per heavy atom. The third-order valence-corrected chi connectivity index (χ3v) is 4.67. The van der Waals surface area contributed by atoms with Crippen LogP contribution < -0.4 is 15.0 Å². The van der Waals surface area contributed by atoms with Crippen molar-refractivity contribution >= 4 is 11.6 Å². The van der Waals surface area contributed by atoms with E-state index in [1.807, 2.05) is 18.2 Å². The molecule has 6 heteroatoms. The average Bonchev–Trinajstić information content (AvgIpc) is 3.12. The molecule has 0 aliphatic carbocycles. The quantitative estimate of drug-likeness (QED) is 0.876. The van der Waals surface area contributed by atoms with E-state index in [9.17, 15) is 4.79 Å². The van der Waals surface area contributed by atoms with E-state index in [1.165, 1.54) is 0 Å². The summed E-state index contributed by atoms with van der Waals surface area (Å²) in [6.45, 7) is 5.89. The van der Waals surface area contributed by atoms with Crippen molar-refractivity contribution < 1.29 is 9.53 Å². The van der Waals surface area contributed by atoms with Crippen molar-refractivity contribution in [1.82, 2.24) is 15.5 Å². The van der Waals surface area contributed by atoms with E-state index in [2.05, 4.69) is 40.3 Å². The maximum absolute atomic E-state index is 12.6.